The van der Waals surface area contributed by atoms with Gasteiger partial charge in [-0.15, -0.1) is 0 Å². The summed E-state index contributed by atoms with van der Waals surface area (Å²) in [5.74, 6) is -0.250. The third-order valence-corrected chi connectivity index (χ3v) is 2.94. The summed E-state index contributed by atoms with van der Waals surface area (Å²) in [6.07, 6.45) is 2.31. The lowest BCUT2D eigenvalue weighted by Gasteiger charge is -2.10. The van der Waals surface area contributed by atoms with Crippen LogP contribution in [-0.2, 0) is 22.6 Å². The Balaban J connectivity index is 1.81. The van der Waals surface area contributed by atoms with Gasteiger partial charge >= 0.3 is 0 Å². The van der Waals surface area contributed by atoms with E-state index in [1.807, 2.05) is 6.07 Å². The molecule has 0 radical (unpaired) electrons. The van der Waals surface area contributed by atoms with Crippen LogP contribution >= 0.6 is 0 Å². The van der Waals surface area contributed by atoms with Crippen molar-refractivity contribution < 1.29 is 13.9 Å². The van der Waals surface area contributed by atoms with Crippen LogP contribution in [0, 0.1) is 5.82 Å². The van der Waals surface area contributed by atoms with Gasteiger partial charge in [0.05, 0.1) is 19.3 Å². The van der Waals surface area contributed by atoms with E-state index < -0.39 is 0 Å². The third-order valence-electron chi connectivity index (χ3n) is 2.94. The van der Waals surface area contributed by atoms with Crippen LogP contribution in [0.3, 0.4) is 0 Å². The van der Waals surface area contributed by atoms with Crippen LogP contribution < -0.4 is 5.73 Å². The summed E-state index contributed by atoms with van der Waals surface area (Å²) in [5, 5.41) is 0. The van der Waals surface area contributed by atoms with Crippen LogP contribution in [-0.4, -0.2) is 19.3 Å². The van der Waals surface area contributed by atoms with Crippen molar-refractivity contribution in [2.45, 2.75) is 32.1 Å². The molecule has 1 heterocycles. The Labute approximate surface area is 101 Å². The minimum Gasteiger partial charge on any atom is -0.376 e. The zero-order valence-corrected chi connectivity index (χ0v) is 9.82. The molecule has 2 N–H and O–H groups in total. The molecular formula is C13H18FNO2. The maximum atomic E-state index is 13.6. The van der Waals surface area contributed by atoms with Crippen molar-refractivity contribution in [2.24, 2.45) is 5.73 Å². The summed E-state index contributed by atoms with van der Waals surface area (Å²) < 4.78 is 24.5. The van der Waals surface area contributed by atoms with Crippen LogP contribution in [0.1, 0.15) is 24.0 Å². The summed E-state index contributed by atoms with van der Waals surface area (Å²) in [5.41, 5.74) is 6.80. The quantitative estimate of drug-likeness (QED) is 0.854. The molecule has 2 rings (SSSR count). The minimum atomic E-state index is -0.250. The molecular weight excluding hydrogens is 221 g/mol. The number of hydrogen-bond donors (Lipinski definition) is 1. The van der Waals surface area contributed by atoms with E-state index in [0.29, 0.717) is 18.7 Å². The number of hydrogen-bond acceptors (Lipinski definition) is 3. The van der Waals surface area contributed by atoms with E-state index in [1.54, 1.807) is 6.07 Å². The van der Waals surface area contributed by atoms with E-state index in [0.717, 1.165) is 25.0 Å². The number of halogens is 1. The highest BCUT2D eigenvalue weighted by atomic mass is 19.1. The van der Waals surface area contributed by atoms with Gasteiger partial charge in [0.1, 0.15) is 5.82 Å². The normalized spacial score (nSPS) is 19.8. The average molecular weight is 239 g/mol. The van der Waals surface area contributed by atoms with Gasteiger partial charge in [-0.05, 0) is 24.5 Å². The van der Waals surface area contributed by atoms with E-state index in [9.17, 15) is 4.39 Å². The lowest BCUT2D eigenvalue weighted by Crippen LogP contribution is -2.14. The number of ether oxygens (including phenoxy) is 2. The largest absolute Gasteiger partial charge is 0.376 e. The summed E-state index contributed by atoms with van der Waals surface area (Å²) in [6.45, 7) is 2.00. The first kappa shape index (κ1) is 12.5. The van der Waals surface area contributed by atoms with Crippen LogP contribution in [0.2, 0.25) is 0 Å². The van der Waals surface area contributed by atoms with Crippen LogP contribution in [0.4, 0.5) is 4.39 Å². The molecule has 1 unspecified atom stereocenters. The van der Waals surface area contributed by atoms with Gasteiger partial charge in [0.15, 0.2) is 0 Å². The summed E-state index contributed by atoms with van der Waals surface area (Å²) >= 11 is 0. The number of nitrogens with two attached hydrogens (primary N) is 1. The first-order valence-corrected chi connectivity index (χ1v) is 5.96. The zero-order valence-electron chi connectivity index (χ0n) is 9.82. The Hall–Kier alpha value is -0.970. The number of rotatable bonds is 5. The molecule has 0 bridgehead atoms. The van der Waals surface area contributed by atoms with Crippen LogP contribution in [0.15, 0.2) is 18.2 Å². The van der Waals surface area contributed by atoms with Gasteiger partial charge < -0.3 is 15.2 Å². The van der Waals surface area contributed by atoms with E-state index in [2.05, 4.69) is 0 Å². The fourth-order valence-electron chi connectivity index (χ4n) is 1.91. The van der Waals surface area contributed by atoms with E-state index in [-0.39, 0.29) is 18.5 Å². The first-order valence-electron chi connectivity index (χ1n) is 5.96. The van der Waals surface area contributed by atoms with Crippen molar-refractivity contribution in [3.05, 3.63) is 35.1 Å². The maximum Gasteiger partial charge on any atom is 0.129 e. The second kappa shape index (κ2) is 6.10. The molecule has 0 amide bonds. The van der Waals surface area contributed by atoms with Crippen LogP contribution in [0.25, 0.3) is 0 Å². The predicted molar refractivity (Wildman–Crippen MR) is 62.9 cm³/mol. The molecule has 4 heteroatoms. The maximum absolute atomic E-state index is 13.6. The molecule has 1 saturated heterocycles. The van der Waals surface area contributed by atoms with Gasteiger partial charge in [-0.25, -0.2) is 4.39 Å². The molecule has 1 aliphatic heterocycles. The Bertz CT molecular complexity index is 364. The third kappa shape index (κ3) is 3.49. The molecule has 0 aliphatic carbocycles. The Morgan fingerprint density at radius 3 is 3.00 bits per heavy atom. The number of benzene rings is 1. The topological polar surface area (TPSA) is 44.5 Å². The molecule has 1 aliphatic rings. The van der Waals surface area contributed by atoms with Gasteiger partial charge in [-0.3, -0.25) is 0 Å². The van der Waals surface area contributed by atoms with E-state index in [4.69, 9.17) is 15.2 Å². The molecule has 94 valence electrons. The first-order chi connectivity index (χ1) is 8.29. The molecule has 1 fully saturated rings. The molecule has 1 aromatic rings. The Morgan fingerprint density at radius 2 is 2.35 bits per heavy atom. The zero-order chi connectivity index (χ0) is 12.1. The van der Waals surface area contributed by atoms with Gasteiger partial charge in [-0.1, -0.05) is 12.1 Å². The fraction of sp³-hybridized carbons (Fsp3) is 0.538. The van der Waals surface area contributed by atoms with Crippen molar-refractivity contribution in [1.82, 2.24) is 0 Å². The average Bonchev–Trinajstić information content (AvgIpc) is 2.84. The Morgan fingerprint density at radius 1 is 1.47 bits per heavy atom. The van der Waals surface area contributed by atoms with Crippen molar-refractivity contribution in [1.29, 1.82) is 0 Å². The van der Waals surface area contributed by atoms with Crippen LogP contribution in [0.5, 0.6) is 0 Å². The summed E-state index contributed by atoms with van der Waals surface area (Å²) in [6, 6.07) is 5.02. The van der Waals surface area contributed by atoms with Gasteiger partial charge in [-0.2, -0.15) is 0 Å². The van der Waals surface area contributed by atoms with Crippen molar-refractivity contribution in [2.75, 3.05) is 13.2 Å². The smallest absolute Gasteiger partial charge is 0.129 e. The Kier molecular flexibility index (Phi) is 4.48. The standard InChI is InChI=1S/C13H18FNO2/c14-13-6-10(7-15)3-4-11(13)8-16-9-12-2-1-5-17-12/h3-4,6,12H,1-2,5,7-9,15H2. The molecule has 17 heavy (non-hydrogen) atoms. The van der Waals surface area contributed by atoms with Gasteiger partial charge in [0, 0.05) is 18.7 Å². The van der Waals surface area contributed by atoms with Crippen molar-refractivity contribution in [3.63, 3.8) is 0 Å². The van der Waals surface area contributed by atoms with Gasteiger partial charge in [0.2, 0.25) is 0 Å². The van der Waals surface area contributed by atoms with Crippen molar-refractivity contribution in [3.8, 4) is 0 Å². The van der Waals surface area contributed by atoms with E-state index in [1.165, 1.54) is 6.07 Å². The molecule has 0 aromatic heterocycles. The highest BCUT2D eigenvalue weighted by molar-refractivity contribution is 5.23. The summed E-state index contributed by atoms with van der Waals surface area (Å²) in [4.78, 5) is 0. The molecule has 1 atom stereocenters. The monoisotopic (exact) mass is 239 g/mol. The molecule has 3 nitrogen and oxygen atoms in total. The SMILES string of the molecule is NCc1ccc(COCC2CCCO2)c(F)c1. The molecule has 0 saturated carbocycles. The predicted octanol–water partition coefficient (Wildman–Crippen LogP) is 1.98. The lowest BCUT2D eigenvalue weighted by molar-refractivity contribution is 0.00982. The molecule has 0 spiro atoms. The highest BCUT2D eigenvalue weighted by Crippen LogP contribution is 2.15. The second-order valence-electron chi connectivity index (χ2n) is 4.28. The fourth-order valence-corrected chi connectivity index (χ4v) is 1.91. The van der Waals surface area contributed by atoms with Crippen molar-refractivity contribution >= 4 is 0 Å². The van der Waals surface area contributed by atoms with Gasteiger partial charge in [0.25, 0.3) is 0 Å². The lowest BCUT2D eigenvalue weighted by atomic mass is 10.1. The highest BCUT2D eigenvalue weighted by Gasteiger charge is 2.15. The second-order valence-corrected chi connectivity index (χ2v) is 4.28. The minimum absolute atomic E-state index is 0.182. The summed E-state index contributed by atoms with van der Waals surface area (Å²) in [7, 11) is 0. The molecule has 1 aromatic carbocycles. The van der Waals surface area contributed by atoms with E-state index >= 15 is 0 Å².